The highest BCUT2D eigenvalue weighted by atomic mass is 33.1. The average Bonchev–Trinajstić information content (AvgIpc) is 2.61. The molecule has 0 spiro atoms. The molecule has 26 heavy (non-hydrogen) atoms. The van der Waals surface area contributed by atoms with Crippen molar-refractivity contribution in [1.29, 1.82) is 0 Å². The third kappa shape index (κ3) is 11.3. The van der Waals surface area contributed by atoms with Gasteiger partial charge in [0.05, 0.1) is 0 Å². The van der Waals surface area contributed by atoms with Gasteiger partial charge in [0.25, 0.3) is 0 Å². The van der Waals surface area contributed by atoms with E-state index in [0.717, 1.165) is 31.0 Å². The largest absolute Gasteiger partial charge is 0.388 e. The van der Waals surface area contributed by atoms with Crippen molar-refractivity contribution in [2.24, 2.45) is 10.4 Å². The maximum Gasteiger partial charge on any atom is 0.0488 e. The van der Waals surface area contributed by atoms with Crippen molar-refractivity contribution in [1.82, 2.24) is 5.32 Å². The van der Waals surface area contributed by atoms with Crippen LogP contribution in [0.15, 0.2) is 77.5 Å². The summed E-state index contributed by atoms with van der Waals surface area (Å²) in [5, 5.41) is 3.38. The second kappa shape index (κ2) is 14.7. The number of hydrogen-bond donors (Lipinski definition) is 1. The van der Waals surface area contributed by atoms with Crippen LogP contribution in [0.25, 0.3) is 0 Å². The second-order valence-corrected chi connectivity index (χ2v) is 8.84. The van der Waals surface area contributed by atoms with Crippen molar-refractivity contribution in [3.05, 3.63) is 72.5 Å². The molecule has 0 aromatic heterocycles. The van der Waals surface area contributed by atoms with Gasteiger partial charge in [-0.2, -0.15) is 0 Å². The average molecular weight is 389 g/mol. The summed E-state index contributed by atoms with van der Waals surface area (Å²) in [5.74, 6) is 2.23. The zero-order chi connectivity index (χ0) is 18.9. The molecule has 1 atom stereocenters. The highest BCUT2D eigenvalue weighted by Crippen LogP contribution is 2.25. The lowest BCUT2D eigenvalue weighted by molar-refractivity contribution is 0.708. The summed E-state index contributed by atoms with van der Waals surface area (Å²) in [7, 11) is 3.78. The lowest BCUT2D eigenvalue weighted by Gasteiger charge is -2.18. The molecule has 0 bridgehead atoms. The van der Waals surface area contributed by atoms with E-state index < -0.39 is 0 Å². The molecule has 0 heterocycles. The first-order chi connectivity index (χ1) is 12.7. The second-order valence-electron chi connectivity index (χ2n) is 5.97. The van der Waals surface area contributed by atoms with Gasteiger partial charge in [-0.3, -0.25) is 4.99 Å². The molecule has 1 N–H and O–H groups in total. The Morgan fingerprint density at radius 1 is 1.12 bits per heavy atom. The first-order valence-corrected chi connectivity index (χ1v) is 11.7. The Morgan fingerprint density at radius 2 is 1.92 bits per heavy atom. The molecule has 0 aliphatic heterocycles. The monoisotopic (exact) mass is 388 g/mol. The summed E-state index contributed by atoms with van der Waals surface area (Å²) >= 11 is 0. The minimum Gasteiger partial charge on any atom is -0.388 e. The van der Waals surface area contributed by atoms with E-state index in [1.54, 1.807) is 0 Å². The van der Waals surface area contributed by atoms with Crippen molar-refractivity contribution < 1.29 is 0 Å². The van der Waals surface area contributed by atoms with E-state index in [4.69, 9.17) is 0 Å². The molecule has 1 aliphatic carbocycles. The number of allylic oxidation sites excluding steroid dienone is 11. The molecule has 1 rings (SSSR count). The zero-order valence-electron chi connectivity index (χ0n) is 16.2. The van der Waals surface area contributed by atoms with Crippen LogP contribution in [0, 0.1) is 5.41 Å². The minimum atomic E-state index is -0.0437. The fourth-order valence-electron chi connectivity index (χ4n) is 2.28. The standard InChI is InChI=1S/C22H32N2S2/c1-4-24-21-13-11-16-22(3,17-12-14-21)15-9-7-6-8-10-18-23-19-20-26-25-5-2/h6-13,15-18,24H,4-5,14,19-20H2,1-3H3/b7-6+,10-8-,15-9+,16-11-,17-12?,21-13+,23-18?. The summed E-state index contributed by atoms with van der Waals surface area (Å²) in [6.45, 7) is 8.36. The summed E-state index contributed by atoms with van der Waals surface area (Å²) in [5.41, 5.74) is 1.22. The quantitative estimate of drug-likeness (QED) is 0.151. The Balaban J connectivity index is 2.39. The first kappa shape index (κ1) is 22.7. The lowest BCUT2D eigenvalue weighted by Crippen LogP contribution is -2.13. The molecule has 1 unspecified atom stereocenters. The molecule has 0 amide bonds. The number of nitrogens with zero attached hydrogens (tertiary/aromatic N) is 1. The smallest absolute Gasteiger partial charge is 0.0488 e. The van der Waals surface area contributed by atoms with Gasteiger partial charge in [-0.1, -0.05) is 83.2 Å². The van der Waals surface area contributed by atoms with Crippen LogP contribution in [0.2, 0.25) is 0 Å². The Hall–Kier alpha value is -1.39. The predicted octanol–water partition coefficient (Wildman–Crippen LogP) is 6.14. The van der Waals surface area contributed by atoms with E-state index in [0.29, 0.717) is 0 Å². The third-order valence-electron chi connectivity index (χ3n) is 3.57. The molecule has 2 nitrogen and oxygen atoms in total. The SMILES string of the molecule is CCN/C1=C/C=C\C(C)(/C=C/C=C/C=C\C=NCCSSCC)C=CC1. The Bertz CT molecular complexity index is 583. The van der Waals surface area contributed by atoms with Crippen LogP contribution in [-0.2, 0) is 0 Å². The van der Waals surface area contributed by atoms with Crippen LogP contribution in [0.3, 0.4) is 0 Å². The van der Waals surface area contributed by atoms with Crippen molar-refractivity contribution in [2.45, 2.75) is 27.2 Å². The van der Waals surface area contributed by atoms with Crippen LogP contribution in [0.4, 0.5) is 0 Å². The van der Waals surface area contributed by atoms with E-state index in [2.05, 4.69) is 79.7 Å². The van der Waals surface area contributed by atoms with E-state index in [1.807, 2.05) is 46.0 Å². The summed E-state index contributed by atoms with van der Waals surface area (Å²) in [6.07, 6.45) is 26.3. The molecule has 0 fully saturated rings. The van der Waals surface area contributed by atoms with Crippen molar-refractivity contribution in [2.75, 3.05) is 24.6 Å². The van der Waals surface area contributed by atoms with Gasteiger partial charge in [0.1, 0.15) is 0 Å². The molecular formula is C22H32N2S2. The fourth-order valence-corrected chi connectivity index (χ4v) is 3.82. The van der Waals surface area contributed by atoms with Gasteiger partial charge < -0.3 is 5.32 Å². The van der Waals surface area contributed by atoms with Crippen molar-refractivity contribution >= 4 is 27.8 Å². The van der Waals surface area contributed by atoms with Crippen molar-refractivity contribution in [3.8, 4) is 0 Å². The van der Waals surface area contributed by atoms with E-state index in [1.165, 1.54) is 5.70 Å². The number of nitrogens with one attached hydrogen (secondary N) is 1. The zero-order valence-corrected chi connectivity index (χ0v) is 17.9. The van der Waals surface area contributed by atoms with Gasteiger partial charge in [0.2, 0.25) is 0 Å². The molecule has 0 saturated carbocycles. The molecule has 4 heteroatoms. The highest BCUT2D eigenvalue weighted by molar-refractivity contribution is 8.76. The molecule has 0 saturated heterocycles. The van der Waals surface area contributed by atoms with E-state index in [9.17, 15) is 0 Å². The van der Waals surface area contributed by atoms with Gasteiger partial charge in [0.15, 0.2) is 0 Å². The predicted molar refractivity (Wildman–Crippen MR) is 124 cm³/mol. The van der Waals surface area contributed by atoms with Crippen LogP contribution < -0.4 is 5.32 Å². The van der Waals surface area contributed by atoms with E-state index >= 15 is 0 Å². The topological polar surface area (TPSA) is 24.4 Å². The Morgan fingerprint density at radius 3 is 2.73 bits per heavy atom. The number of aliphatic imine (C=N–C) groups is 1. The Kier molecular flexibility index (Phi) is 12.8. The normalized spacial score (nSPS) is 24.3. The van der Waals surface area contributed by atoms with Crippen molar-refractivity contribution in [3.63, 3.8) is 0 Å². The third-order valence-corrected chi connectivity index (χ3v) is 6.03. The van der Waals surface area contributed by atoms with Crippen LogP contribution >= 0.6 is 21.6 Å². The molecular weight excluding hydrogens is 356 g/mol. The Labute approximate surface area is 167 Å². The molecule has 1 aliphatic rings. The molecule has 142 valence electrons. The number of hydrogen-bond acceptors (Lipinski definition) is 4. The lowest BCUT2D eigenvalue weighted by atomic mass is 9.87. The number of rotatable bonds is 11. The maximum absolute atomic E-state index is 4.36. The van der Waals surface area contributed by atoms with E-state index in [-0.39, 0.29) is 5.41 Å². The van der Waals surface area contributed by atoms with Gasteiger partial charge in [-0.15, -0.1) is 0 Å². The molecule has 0 aromatic rings. The van der Waals surface area contributed by atoms with Gasteiger partial charge in [-0.05, 0) is 26.0 Å². The maximum atomic E-state index is 4.36. The minimum absolute atomic E-state index is 0.0437. The fraction of sp³-hybridized carbons (Fsp3) is 0.409. The summed E-state index contributed by atoms with van der Waals surface area (Å²) in [6, 6.07) is 0. The van der Waals surface area contributed by atoms with Crippen LogP contribution in [0.5, 0.6) is 0 Å². The summed E-state index contributed by atoms with van der Waals surface area (Å²) in [4.78, 5) is 4.36. The summed E-state index contributed by atoms with van der Waals surface area (Å²) < 4.78 is 0. The van der Waals surface area contributed by atoms with Crippen LogP contribution in [0.1, 0.15) is 27.2 Å². The van der Waals surface area contributed by atoms with Gasteiger partial charge in [0, 0.05) is 48.3 Å². The molecule has 0 aromatic carbocycles. The molecule has 0 radical (unpaired) electrons. The highest BCUT2D eigenvalue weighted by Gasteiger charge is 2.12. The van der Waals surface area contributed by atoms with Crippen LogP contribution in [-0.4, -0.2) is 30.8 Å². The van der Waals surface area contributed by atoms with Gasteiger partial charge in [-0.25, -0.2) is 0 Å². The van der Waals surface area contributed by atoms with Gasteiger partial charge >= 0.3 is 0 Å². The first-order valence-electron chi connectivity index (χ1n) is 9.25.